The molecule has 3 heteroatoms. The first kappa shape index (κ1) is 10.8. The third-order valence-corrected chi connectivity index (χ3v) is 4.07. The molecule has 1 aromatic heterocycles. The summed E-state index contributed by atoms with van der Waals surface area (Å²) in [4.78, 5) is 10.4. The van der Waals surface area contributed by atoms with Crippen molar-refractivity contribution in [2.24, 2.45) is 5.92 Å². The summed E-state index contributed by atoms with van der Waals surface area (Å²) >= 11 is 1.92. The van der Waals surface area contributed by atoms with Crippen molar-refractivity contribution in [1.82, 2.24) is 0 Å². The molecule has 0 atom stereocenters. The second kappa shape index (κ2) is 5.40. The minimum absolute atomic E-state index is 0.437. The summed E-state index contributed by atoms with van der Waals surface area (Å²) in [5, 5.41) is 0. The summed E-state index contributed by atoms with van der Waals surface area (Å²) in [6.45, 7) is 0. The normalized spacial score (nSPS) is 17.1. The van der Waals surface area contributed by atoms with Crippen LogP contribution in [0.25, 0.3) is 0 Å². The second-order valence-electron chi connectivity index (χ2n) is 4.09. The van der Waals surface area contributed by atoms with E-state index in [-0.39, 0.29) is 0 Å². The van der Waals surface area contributed by atoms with Gasteiger partial charge in [-0.1, -0.05) is 12.8 Å². The lowest BCUT2D eigenvalue weighted by Gasteiger charge is -2.06. The molecule has 0 N–H and O–H groups in total. The third kappa shape index (κ3) is 3.13. The van der Waals surface area contributed by atoms with Gasteiger partial charge >= 0.3 is 0 Å². The van der Waals surface area contributed by atoms with Crippen molar-refractivity contribution in [3.63, 3.8) is 0 Å². The van der Waals surface area contributed by atoms with E-state index in [2.05, 4.69) is 0 Å². The van der Waals surface area contributed by atoms with Crippen molar-refractivity contribution in [1.29, 1.82) is 0 Å². The number of rotatable bonds is 5. The van der Waals surface area contributed by atoms with Crippen LogP contribution in [0.4, 0.5) is 0 Å². The van der Waals surface area contributed by atoms with Gasteiger partial charge in [-0.2, -0.15) is 11.8 Å². The molecule has 1 aliphatic carbocycles. The summed E-state index contributed by atoms with van der Waals surface area (Å²) in [7, 11) is 0. The van der Waals surface area contributed by atoms with Gasteiger partial charge in [0.05, 0.1) is 5.75 Å². The van der Waals surface area contributed by atoms with E-state index in [4.69, 9.17) is 4.42 Å². The third-order valence-electron chi connectivity index (χ3n) is 2.87. The van der Waals surface area contributed by atoms with Gasteiger partial charge in [-0.05, 0) is 36.6 Å². The Kier molecular flexibility index (Phi) is 3.89. The molecule has 0 amide bonds. The van der Waals surface area contributed by atoms with Gasteiger partial charge in [0, 0.05) is 0 Å². The lowest BCUT2D eigenvalue weighted by atomic mass is 10.1. The fraction of sp³-hybridized carbons (Fsp3) is 0.583. The van der Waals surface area contributed by atoms with Crippen molar-refractivity contribution in [2.75, 3.05) is 5.75 Å². The van der Waals surface area contributed by atoms with E-state index in [0.717, 1.165) is 23.7 Å². The number of hydrogen-bond donors (Lipinski definition) is 0. The van der Waals surface area contributed by atoms with Gasteiger partial charge in [-0.15, -0.1) is 0 Å². The molecule has 1 aliphatic rings. The number of carbonyl (C=O) groups is 1. The molecular formula is C12H16O2S. The molecule has 0 saturated heterocycles. The maximum absolute atomic E-state index is 10.4. The highest BCUT2D eigenvalue weighted by Gasteiger charge is 2.14. The highest BCUT2D eigenvalue weighted by Crippen LogP contribution is 2.29. The van der Waals surface area contributed by atoms with E-state index in [1.54, 1.807) is 6.07 Å². The number of thioether (sulfide) groups is 1. The van der Waals surface area contributed by atoms with Gasteiger partial charge in [-0.3, -0.25) is 4.79 Å². The fourth-order valence-electron chi connectivity index (χ4n) is 2.04. The highest BCUT2D eigenvalue weighted by molar-refractivity contribution is 7.98. The summed E-state index contributed by atoms with van der Waals surface area (Å²) in [5.41, 5.74) is 0. The monoisotopic (exact) mass is 224 g/mol. The zero-order valence-corrected chi connectivity index (χ0v) is 9.59. The molecule has 0 spiro atoms. The van der Waals surface area contributed by atoms with Crippen LogP contribution in [-0.4, -0.2) is 12.0 Å². The Hall–Kier alpha value is -0.700. The van der Waals surface area contributed by atoms with E-state index in [9.17, 15) is 4.79 Å². The van der Waals surface area contributed by atoms with Crippen LogP contribution in [0.3, 0.4) is 0 Å². The number of aldehydes is 1. The molecule has 82 valence electrons. The predicted octanol–water partition coefficient (Wildman–Crippen LogP) is 3.52. The molecule has 2 rings (SSSR count). The summed E-state index contributed by atoms with van der Waals surface area (Å²) in [5.74, 6) is 4.39. The van der Waals surface area contributed by atoms with Crippen LogP contribution in [0.1, 0.15) is 42.0 Å². The van der Waals surface area contributed by atoms with Crippen LogP contribution in [0.5, 0.6) is 0 Å². The Labute approximate surface area is 94.4 Å². The summed E-state index contributed by atoms with van der Waals surface area (Å²) < 4.78 is 5.31. The molecule has 0 aromatic carbocycles. The molecule has 0 unspecified atom stereocenters. The van der Waals surface area contributed by atoms with Crippen molar-refractivity contribution in [3.8, 4) is 0 Å². The molecule has 0 radical (unpaired) electrons. The molecular weight excluding hydrogens is 208 g/mol. The summed E-state index contributed by atoms with van der Waals surface area (Å²) in [6, 6.07) is 3.63. The first-order valence-corrected chi connectivity index (χ1v) is 6.65. The van der Waals surface area contributed by atoms with Gasteiger partial charge < -0.3 is 4.42 Å². The van der Waals surface area contributed by atoms with Crippen LogP contribution in [0.2, 0.25) is 0 Å². The number of furan rings is 1. The van der Waals surface area contributed by atoms with E-state index in [1.807, 2.05) is 17.8 Å². The fourth-order valence-corrected chi connectivity index (χ4v) is 3.18. The van der Waals surface area contributed by atoms with Crippen molar-refractivity contribution in [3.05, 3.63) is 23.7 Å². The Morgan fingerprint density at radius 3 is 2.87 bits per heavy atom. The average molecular weight is 224 g/mol. The van der Waals surface area contributed by atoms with E-state index in [1.165, 1.54) is 31.4 Å². The van der Waals surface area contributed by atoms with Crippen molar-refractivity contribution in [2.45, 2.75) is 31.4 Å². The standard InChI is InChI=1S/C12H16O2S/c13-7-11-5-6-12(14-11)9-15-8-10-3-1-2-4-10/h5-7,10H,1-4,8-9H2. The second-order valence-corrected chi connectivity index (χ2v) is 5.12. The maximum atomic E-state index is 10.4. The highest BCUT2D eigenvalue weighted by atomic mass is 32.2. The quantitative estimate of drug-likeness (QED) is 0.717. The van der Waals surface area contributed by atoms with Gasteiger partial charge in [-0.25, -0.2) is 0 Å². The average Bonchev–Trinajstić information content (AvgIpc) is 2.88. The number of carbonyl (C=O) groups excluding carboxylic acids is 1. The van der Waals surface area contributed by atoms with E-state index in [0.29, 0.717) is 5.76 Å². The minimum Gasteiger partial charge on any atom is -0.457 e. The molecule has 0 aliphatic heterocycles. The minimum atomic E-state index is 0.437. The molecule has 1 saturated carbocycles. The topological polar surface area (TPSA) is 30.2 Å². The van der Waals surface area contributed by atoms with Crippen molar-refractivity contribution >= 4 is 18.0 Å². The van der Waals surface area contributed by atoms with Crippen LogP contribution in [0.15, 0.2) is 16.5 Å². The van der Waals surface area contributed by atoms with Gasteiger partial charge in [0.2, 0.25) is 0 Å². The Morgan fingerprint density at radius 1 is 1.40 bits per heavy atom. The van der Waals surface area contributed by atoms with Gasteiger partial charge in [0.15, 0.2) is 12.0 Å². The Balaban J connectivity index is 1.70. The molecule has 2 nitrogen and oxygen atoms in total. The molecule has 1 aromatic rings. The Bertz CT molecular complexity index is 313. The lowest BCUT2D eigenvalue weighted by molar-refractivity contribution is 0.109. The molecule has 1 fully saturated rings. The molecule has 15 heavy (non-hydrogen) atoms. The smallest absolute Gasteiger partial charge is 0.185 e. The van der Waals surface area contributed by atoms with Crippen molar-refractivity contribution < 1.29 is 9.21 Å². The predicted molar refractivity (Wildman–Crippen MR) is 62.2 cm³/mol. The first-order chi connectivity index (χ1) is 7.38. The van der Waals surface area contributed by atoms with Gasteiger partial charge in [0.1, 0.15) is 5.76 Å². The van der Waals surface area contributed by atoms with Crippen LogP contribution in [0, 0.1) is 5.92 Å². The first-order valence-electron chi connectivity index (χ1n) is 5.50. The van der Waals surface area contributed by atoms with Crippen LogP contribution >= 0.6 is 11.8 Å². The SMILES string of the molecule is O=Cc1ccc(CSCC2CCCC2)o1. The summed E-state index contributed by atoms with van der Waals surface area (Å²) in [6.07, 6.45) is 6.35. The van der Waals surface area contributed by atoms with E-state index >= 15 is 0 Å². The zero-order chi connectivity index (χ0) is 10.5. The largest absolute Gasteiger partial charge is 0.457 e. The Morgan fingerprint density at radius 2 is 2.20 bits per heavy atom. The van der Waals surface area contributed by atoms with Crippen LogP contribution < -0.4 is 0 Å². The van der Waals surface area contributed by atoms with Crippen LogP contribution in [-0.2, 0) is 5.75 Å². The number of hydrogen-bond acceptors (Lipinski definition) is 3. The molecule has 1 heterocycles. The van der Waals surface area contributed by atoms with E-state index < -0.39 is 0 Å². The van der Waals surface area contributed by atoms with Gasteiger partial charge in [0.25, 0.3) is 0 Å². The maximum Gasteiger partial charge on any atom is 0.185 e. The lowest BCUT2D eigenvalue weighted by Crippen LogP contribution is -1.96. The zero-order valence-electron chi connectivity index (χ0n) is 8.78. The molecule has 0 bridgehead atoms.